The maximum atomic E-state index is 13.6. The molecule has 10 heteroatoms. The number of likely N-dealkylation sites (N-methyl/N-ethyl adjacent to an activating group) is 1. The first kappa shape index (κ1) is 24.0. The number of amides is 2. The van der Waals surface area contributed by atoms with E-state index in [1.165, 1.54) is 32.3 Å². The molecule has 0 saturated carbocycles. The van der Waals surface area contributed by atoms with Crippen molar-refractivity contribution < 1.29 is 22.7 Å². The molecule has 0 saturated heterocycles. The highest BCUT2D eigenvalue weighted by Gasteiger charge is 2.36. The first-order valence-corrected chi connectivity index (χ1v) is 12.0. The Morgan fingerprint density at radius 2 is 1.78 bits per heavy atom. The van der Waals surface area contributed by atoms with Crippen molar-refractivity contribution in [2.24, 2.45) is 0 Å². The largest absolute Gasteiger partial charge is 0.476 e. The van der Waals surface area contributed by atoms with Crippen molar-refractivity contribution in [1.29, 1.82) is 0 Å². The molecule has 1 aliphatic rings. The van der Waals surface area contributed by atoms with Crippen molar-refractivity contribution in [3.63, 3.8) is 0 Å². The number of hydrogen-bond acceptors (Lipinski definition) is 5. The van der Waals surface area contributed by atoms with E-state index in [2.05, 4.69) is 0 Å². The molecule has 0 aromatic heterocycles. The second-order valence-corrected chi connectivity index (χ2v) is 9.80. The predicted molar refractivity (Wildman–Crippen MR) is 123 cm³/mol. The standard InChI is InChI=1S/C22H26ClN3O5S/c1-5-25(6-2)32(29,30)15-11-12-17(23)16(13-15)21(27)26-14-20(22(28)24(3)4)31-19-10-8-7-9-18(19)26/h7-13,20H,5-6,14H2,1-4H3/t20-/m0/s1. The van der Waals surface area contributed by atoms with Gasteiger partial charge in [0.15, 0.2) is 6.10 Å². The number of carbonyl (C=O) groups excluding carboxylic acids is 2. The van der Waals surface area contributed by atoms with E-state index in [1.54, 1.807) is 52.2 Å². The Kier molecular flexibility index (Phi) is 7.12. The average Bonchev–Trinajstić information content (AvgIpc) is 2.78. The van der Waals surface area contributed by atoms with Crippen LogP contribution in [0.5, 0.6) is 5.75 Å². The minimum Gasteiger partial charge on any atom is -0.476 e. The van der Waals surface area contributed by atoms with Crippen molar-refractivity contribution in [3.8, 4) is 5.75 Å². The fourth-order valence-electron chi connectivity index (χ4n) is 3.53. The Bertz CT molecular complexity index is 1130. The third kappa shape index (κ3) is 4.46. The molecule has 8 nitrogen and oxygen atoms in total. The van der Waals surface area contributed by atoms with Gasteiger partial charge in [0.2, 0.25) is 10.0 Å². The van der Waals surface area contributed by atoms with E-state index in [1.807, 2.05) is 0 Å². The van der Waals surface area contributed by atoms with Crippen LogP contribution in [0.25, 0.3) is 0 Å². The molecule has 1 aliphatic heterocycles. The van der Waals surface area contributed by atoms with Gasteiger partial charge in [-0.3, -0.25) is 9.59 Å². The number of ether oxygens (including phenoxy) is 1. The normalized spacial score (nSPS) is 15.8. The first-order chi connectivity index (χ1) is 15.1. The molecule has 0 spiro atoms. The van der Waals surface area contributed by atoms with E-state index in [0.29, 0.717) is 24.5 Å². The predicted octanol–water partition coefficient (Wildman–Crippen LogP) is 2.87. The SMILES string of the molecule is CCN(CC)S(=O)(=O)c1ccc(Cl)c(C(=O)N2C[C@@H](C(=O)N(C)C)Oc3ccccc32)c1. The number of rotatable bonds is 6. The van der Waals surface area contributed by atoms with Gasteiger partial charge in [0.05, 0.1) is 27.7 Å². The zero-order valence-electron chi connectivity index (χ0n) is 18.4. The number of sulfonamides is 1. The number of halogens is 1. The summed E-state index contributed by atoms with van der Waals surface area (Å²) in [5.41, 5.74) is 0.515. The van der Waals surface area contributed by atoms with E-state index in [9.17, 15) is 18.0 Å². The summed E-state index contributed by atoms with van der Waals surface area (Å²) < 4.78 is 33.0. The molecule has 2 aromatic carbocycles. The van der Waals surface area contributed by atoms with Crippen LogP contribution in [0, 0.1) is 0 Å². The second kappa shape index (κ2) is 9.48. The lowest BCUT2D eigenvalue weighted by atomic mass is 10.1. The highest BCUT2D eigenvalue weighted by molar-refractivity contribution is 7.89. The van der Waals surface area contributed by atoms with Crippen molar-refractivity contribution in [1.82, 2.24) is 9.21 Å². The third-order valence-electron chi connectivity index (χ3n) is 5.25. The van der Waals surface area contributed by atoms with Gasteiger partial charge >= 0.3 is 0 Å². The number of anilines is 1. The molecule has 0 aliphatic carbocycles. The molecule has 0 bridgehead atoms. The van der Waals surface area contributed by atoms with E-state index in [-0.39, 0.29) is 27.9 Å². The third-order valence-corrected chi connectivity index (χ3v) is 7.62. The van der Waals surface area contributed by atoms with Crippen LogP contribution in [-0.2, 0) is 14.8 Å². The first-order valence-electron chi connectivity index (χ1n) is 10.2. The summed E-state index contributed by atoms with van der Waals surface area (Å²) in [4.78, 5) is 28.9. The van der Waals surface area contributed by atoms with E-state index < -0.39 is 22.0 Å². The van der Waals surface area contributed by atoms with Gasteiger partial charge in [0, 0.05) is 27.2 Å². The zero-order chi connectivity index (χ0) is 23.6. The van der Waals surface area contributed by atoms with Gasteiger partial charge in [-0.1, -0.05) is 37.6 Å². The summed E-state index contributed by atoms with van der Waals surface area (Å²) in [5.74, 6) is -0.421. The molecule has 2 aromatic rings. The highest BCUT2D eigenvalue weighted by Crippen LogP contribution is 2.35. The maximum absolute atomic E-state index is 13.6. The lowest BCUT2D eigenvalue weighted by Gasteiger charge is -2.35. The summed E-state index contributed by atoms with van der Waals surface area (Å²) in [5, 5.41) is 0.118. The fourth-order valence-corrected chi connectivity index (χ4v) is 5.21. The van der Waals surface area contributed by atoms with Gasteiger partial charge in [0.25, 0.3) is 11.8 Å². The number of nitrogens with zero attached hydrogens (tertiary/aromatic N) is 3. The van der Waals surface area contributed by atoms with Crippen molar-refractivity contribution in [3.05, 3.63) is 53.1 Å². The van der Waals surface area contributed by atoms with E-state index in [4.69, 9.17) is 16.3 Å². The zero-order valence-corrected chi connectivity index (χ0v) is 20.0. The lowest BCUT2D eigenvalue weighted by molar-refractivity contribution is -0.135. The van der Waals surface area contributed by atoms with Crippen LogP contribution in [-0.4, -0.2) is 69.3 Å². The summed E-state index contributed by atoms with van der Waals surface area (Å²) in [6.45, 7) is 4.06. The Morgan fingerprint density at radius 1 is 1.12 bits per heavy atom. The molecule has 0 radical (unpaired) electrons. The van der Waals surface area contributed by atoms with Gasteiger partial charge in [-0.05, 0) is 30.3 Å². The smallest absolute Gasteiger partial charge is 0.265 e. The summed E-state index contributed by atoms with van der Waals surface area (Å²) >= 11 is 6.32. The van der Waals surface area contributed by atoms with Crippen LogP contribution < -0.4 is 9.64 Å². The van der Waals surface area contributed by atoms with Crippen LogP contribution in [0.15, 0.2) is 47.4 Å². The molecule has 0 fully saturated rings. The molecule has 1 heterocycles. The summed E-state index contributed by atoms with van der Waals surface area (Å²) in [6, 6.07) is 11.0. The number of fused-ring (bicyclic) bond motifs is 1. The minimum absolute atomic E-state index is 0.0172. The monoisotopic (exact) mass is 479 g/mol. The molecule has 0 N–H and O–H groups in total. The van der Waals surface area contributed by atoms with Crippen molar-refractivity contribution in [2.45, 2.75) is 24.8 Å². The molecule has 172 valence electrons. The van der Waals surface area contributed by atoms with Crippen LogP contribution in [0.1, 0.15) is 24.2 Å². The highest BCUT2D eigenvalue weighted by atomic mass is 35.5. The number of hydrogen-bond donors (Lipinski definition) is 0. The quantitative estimate of drug-likeness (QED) is 0.635. The topological polar surface area (TPSA) is 87.2 Å². The van der Waals surface area contributed by atoms with Gasteiger partial charge < -0.3 is 14.5 Å². The van der Waals surface area contributed by atoms with Crippen LogP contribution in [0.2, 0.25) is 5.02 Å². The van der Waals surface area contributed by atoms with Crippen molar-refractivity contribution in [2.75, 3.05) is 38.6 Å². The maximum Gasteiger partial charge on any atom is 0.265 e. The molecular weight excluding hydrogens is 454 g/mol. The van der Waals surface area contributed by atoms with Gasteiger partial charge in [-0.15, -0.1) is 0 Å². The Morgan fingerprint density at radius 3 is 2.41 bits per heavy atom. The summed E-state index contributed by atoms with van der Waals surface area (Å²) in [6.07, 6.45) is -0.898. The molecule has 2 amide bonds. The van der Waals surface area contributed by atoms with Crippen LogP contribution in [0.4, 0.5) is 5.69 Å². The Balaban J connectivity index is 2.05. The second-order valence-electron chi connectivity index (χ2n) is 7.45. The van der Waals surface area contributed by atoms with E-state index in [0.717, 1.165) is 0 Å². The molecular formula is C22H26ClN3O5S. The number of benzene rings is 2. The number of para-hydroxylation sites is 2. The van der Waals surface area contributed by atoms with Crippen LogP contribution in [0.3, 0.4) is 0 Å². The summed E-state index contributed by atoms with van der Waals surface area (Å²) in [7, 11) is -0.566. The Labute approximate surface area is 193 Å². The number of carbonyl (C=O) groups is 2. The minimum atomic E-state index is -3.78. The fraction of sp³-hybridized carbons (Fsp3) is 0.364. The molecule has 1 atom stereocenters. The van der Waals surface area contributed by atoms with E-state index >= 15 is 0 Å². The van der Waals surface area contributed by atoms with Crippen molar-refractivity contribution >= 4 is 39.1 Å². The Hall–Kier alpha value is -2.62. The van der Waals surface area contributed by atoms with Gasteiger partial charge in [-0.25, -0.2) is 8.42 Å². The molecule has 3 rings (SSSR count). The van der Waals surface area contributed by atoms with Gasteiger partial charge in [0.1, 0.15) is 5.75 Å². The van der Waals surface area contributed by atoms with Crippen LogP contribution >= 0.6 is 11.6 Å². The molecule has 32 heavy (non-hydrogen) atoms. The van der Waals surface area contributed by atoms with Gasteiger partial charge in [-0.2, -0.15) is 4.31 Å². The lowest BCUT2D eigenvalue weighted by Crippen LogP contribution is -2.50. The molecule has 0 unspecified atom stereocenters. The average molecular weight is 480 g/mol.